The highest BCUT2D eigenvalue weighted by Crippen LogP contribution is 2.61. The minimum absolute atomic E-state index is 0.0272. The number of ketones is 1. The molecule has 0 unspecified atom stereocenters. The molecule has 8 nitrogen and oxygen atoms in total. The summed E-state index contributed by atoms with van der Waals surface area (Å²) in [7, 11) is 0. The van der Waals surface area contributed by atoms with E-state index >= 15 is 0 Å². The van der Waals surface area contributed by atoms with E-state index in [1.807, 2.05) is 27.7 Å². The van der Waals surface area contributed by atoms with Crippen LogP contribution in [-0.2, 0) is 23.9 Å². The predicted octanol–water partition coefficient (Wildman–Crippen LogP) is 1.85. The standard InChI is InChI=1S/C25H36O8/c1-7-8-18(28)33-22-17-9-16(12-26)19(29)25(31)21(32-15(4)27)13(2)10-24(25,20(17)30)14(3)11-23(22,5)6/h9-10,14,17,19,21-22,26,29,31H,7-8,11-12H2,1-6H3/t14-,17-,19-,21+,22-,24+,25+/m1/s1. The lowest BCUT2D eigenvalue weighted by atomic mass is 9.59. The van der Waals surface area contributed by atoms with Crippen molar-refractivity contribution in [2.75, 3.05) is 6.61 Å². The number of hydrogen-bond donors (Lipinski definition) is 3. The lowest BCUT2D eigenvalue weighted by molar-refractivity contribution is -0.202. The maximum Gasteiger partial charge on any atom is 0.306 e. The van der Waals surface area contributed by atoms with Crippen LogP contribution < -0.4 is 0 Å². The molecule has 0 heterocycles. The number of fused-ring (bicyclic) bond motifs is 1. The topological polar surface area (TPSA) is 130 Å². The van der Waals surface area contributed by atoms with Crippen LogP contribution in [0.2, 0.25) is 0 Å². The van der Waals surface area contributed by atoms with Crippen molar-refractivity contribution in [3.05, 3.63) is 23.3 Å². The average molecular weight is 465 g/mol. The van der Waals surface area contributed by atoms with Crippen molar-refractivity contribution in [1.29, 1.82) is 0 Å². The first-order chi connectivity index (χ1) is 15.3. The zero-order chi connectivity index (χ0) is 24.9. The SMILES string of the molecule is CCCC(=O)O[C@@H]1[C@@H]2C=C(CO)[C@@H](O)[C@]3(O)[C@@H](OC(C)=O)C(C)=C[C@@]3(C2=O)[C@H](C)CC1(C)C. The second-order valence-electron chi connectivity index (χ2n) is 10.5. The summed E-state index contributed by atoms with van der Waals surface area (Å²) in [5.74, 6) is -3.02. The van der Waals surface area contributed by atoms with E-state index in [4.69, 9.17) is 9.47 Å². The summed E-state index contributed by atoms with van der Waals surface area (Å²) in [4.78, 5) is 38.7. The van der Waals surface area contributed by atoms with Gasteiger partial charge in [-0.25, -0.2) is 0 Å². The Morgan fingerprint density at radius 3 is 2.42 bits per heavy atom. The van der Waals surface area contributed by atoms with Gasteiger partial charge >= 0.3 is 11.9 Å². The maximum atomic E-state index is 14.3. The van der Waals surface area contributed by atoms with Gasteiger partial charge in [-0.2, -0.15) is 0 Å². The highest BCUT2D eigenvalue weighted by Gasteiger charge is 2.73. The molecule has 1 saturated carbocycles. The van der Waals surface area contributed by atoms with E-state index in [1.165, 1.54) is 13.0 Å². The Morgan fingerprint density at radius 2 is 1.88 bits per heavy atom. The van der Waals surface area contributed by atoms with Crippen molar-refractivity contribution in [3.63, 3.8) is 0 Å². The number of aliphatic hydroxyl groups is 3. The first-order valence-corrected chi connectivity index (χ1v) is 11.6. The Morgan fingerprint density at radius 1 is 1.24 bits per heavy atom. The van der Waals surface area contributed by atoms with Crippen LogP contribution >= 0.6 is 0 Å². The largest absolute Gasteiger partial charge is 0.461 e. The van der Waals surface area contributed by atoms with Crippen LogP contribution in [0.4, 0.5) is 0 Å². The number of carbonyl (C=O) groups excluding carboxylic acids is 3. The van der Waals surface area contributed by atoms with Gasteiger partial charge in [-0.15, -0.1) is 0 Å². The third-order valence-corrected chi connectivity index (χ3v) is 7.69. The van der Waals surface area contributed by atoms with Crippen LogP contribution in [0.25, 0.3) is 0 Å². The molecule has 3 rings (SSSR count). The lowest BCUT2D eigenvalue weighted by Gasteiger charge is -2.48. The number of hydrogen-bond acceptors (Lipinski definition) is 8. The van der Waals surface area contributed by atoms with Crippen LogP contribution in [-0.4, -0.2) is 63.6 Å². The fourth-order valence-electron chi connectivity index (χ4n) is 6.39. The van der Waals surface area contributed by atoms with E-state index in [9.17, 15) is 29.7 Å². The maximum absolute atomic E-state index is 14.3. The van der Waals surface area contributed by atoms with Gasteiger partial charge in [-0.05, 0) is 36.8 Å². The second kappa shape index (κ2) is 8.64. The number of Topliss-reactive ketones (excluding diaryl/α,β-unsaturated/α-hetero) is 1. The van der Waals surface area contributed by atoms with E-state index in [-0.39, 0.29) is 12.0 Å². The molecular formula is C25H36O8. The van der Waals surface area contributed by atoms with E-state index < -0.39 is 70.9 Å². The van der Waals surface area contributed by atoms with Gasteiger partial charge in [0.05, 0.1) is 17.9 Å². The van der Waals surface area contributed by atoms with Gasteiger partial charge in [0.2, 0.25) is 0 Å². The number of rotatable bonds is 5. The molecule has 1 spiro atoms. The first-order valence-electron chi connectivity index (χ1n) is 11.6. The predicted molar refractivity (Wildman–Crippen MR) is 119 cm³/mol. The lowest BCUT2D eigenvalue weighted by Crippen LogP contribution is -2.65. The van der Waals surface area contributed by atoms with E-state index in [0.717, 1.165) is 0 Å². The summed E-state index contributed by atoms with van der Waals surface area (Å²) >= 11 is 0. The Hall–Kier alpha value is -2.03. The van der Waals surface area contributed by atoms with E-state index in [0.29, 0.717) is 18.4 Å². The molecule has 0 saturated heterocycles. The van der Waals surface area contributed by atoms with Crippen molar-refractivity contribution in [1.82, 2.24) is 0 Å². The molecule has 0 amide bonds. The number of esters is 2. The number of carbonyl (C=O) groups is 3. The Labute approximate surface area is 194 Å². The first kappa shape index (κ1) is 25.6. The highest BCUT2D eigenvalue weighted by atomic mass is 16.6. The Kier molecular flexibility index (Phi) is 6.70. The van der Waals surface area contributed by atoms with Crippen molar-refractivity contribution >= 4 is 17.7 Å². The molecule has 33 heavy (non-hydrogen) atoms. The normalized spacial score (nSPS) is 39.5. The molecular weight excluding hydrogens is 428 g/mol. The fourth-order valence-corrected chi connectivity index (χ4v) is 6.39. The smallest absolute Gasteiger partial charge is 0.306 e. The molecule has 2 bridgehead atoms. The van der Waals surface area contributed by atoms with Crippen LogP contribution in [0.3, 0.4) is 0 Å². The summed E-state index contributed by atoms with van der Waals surface area (Å²) in [5.41, 5.74) is -4.02. The molecule has 8 heteroatoms. The molecule has 3 N–H and O–H groups in total. The molecule has 3 aliphatic rings. The molecule has 3 aliphatic carbocycles. The third kappa shape index (κ3) is 3.67. The van der Waals surface area contributed by atoms with Crippen LogP contribution in [0.15, 0.2) is 23.3 Å². The van der Waals surface area contributed by atoms with Crippen LogP contribution in [0.5, 0.6) is 0 Å². The minimum atomic E-state index is -2.22. The van der Waals surface area contributed by atoms with Crippen LogP contribution in [0.1, 0.15) is 60.8 Å². The van der Waals surface area contributed by atoms with Gasteiger partial charge < -0.3 is 24.8 Å². The fraction of sp³-hybridized carbons (Fsp3) is 0.720. The zero-order valence-electron chi connectivity index (χ0n) is 20.3. The van der Waals surface area contributed by atoms with Crippen molar-refractivity contribution < 1.29 is 39.2 Å². The second-order valence-corrected chi connectivity index (χ2v) is 10.5. The summed E-state index contributed by atoms with van der Waals surface area (Å²) in [6, 6.07) is 0. The van der Waals surface area contributed by atoms with E-state index in [1.54, 1.807) is 13.0 Å². The zero-order valence-corrected chi connectivity index (χ0v) is 20.3. The summed E-state index contributed by atoms with van der Waals surface area (Å²) in [5, 5.41) is 33.6. The molecule has 0 aromatic heterocycles. The molecule has 7 atom stereocenters. The Balaban J connectivity index is 2.29. The monoisotopic (exact) mass is 464 g/mol. The summed E-state index contributed by atoms with van der Waals surface area (Å²) < 4.78 is 11.3. The molecule has 0 aromatic rings. The summed E-state index contributed by atoms with van der Waals surface area (Å²) in [6.07, 6.45) is 0.430. The quantitative estimate of drug-likeness (QED) is 0.415. The summed E-state index contributed by atoms with van der Waals surface area (Å²) in [6.45, 7) is 9.70. The van der Waals surface area contributed by atoms with Crippen molar-refractivity contribution in [2.45, 2.75) is 84.7 Å². The van der Waals surface area contributed by atoms with Gasteiger partial charge in [0.1, 0.15) is 12.2 Å². The molecule has 184 valence electrons. The Bertz CT molecular complexity index is 902. The van der Waals surface area contributed by atoms with Gasteiger partial charge in [0, 0.05) is 18.8 Å². The van der Waals surface area contributed by atoms with Crippen LogP contribution in [0, 0.1) is 22.7 Å². The molecule has 1 fully saturated rings. The molecule has 0 aliphatic heterocycles. The molecule has 0 radical (unpaired) electrons. The average Bonchev–Trinajstić information content (AvgIpc) is 2.88. The third-order valence-electron chi connectivity index (χ3n) is 7.69. The van der Waals surface area contributed by atoms with E-state index in [2.05, 4.69) is 0 Å². The van der Waals surface area contributed by atoms with Crippen molar-refractivity contribution in [2.24, 2.45) is 22.7 Å². The number of ether oxygens (including phenoxy) is 2. The van der Waals surface area contributed by atoms with Gasteiger partial charge in [-0.3, -0.25) is 14.4 Å². The number of aliphatic hydroxyl groups excluding tert-OH is 2. The van der Waals surface area contributed by atoms with Gasteiger partial charge in [0.25, 0.3) is 0 Å². The van der Waals surface area contributed by atoms with Crippen molar-refractivity contribution in [3.8, 4) is 0 Å². The van der Waals surface area contributed by atoms with Gasteiger partial charge in [0.15, 0.2) is 17.5 Å². The minimum Gasteiger partial charge on any atom is -0.461 e. The highest BCUT2D eigenvalue weighted by molar-refractivity contribution is 5.95. The van der Waals surface area contributed by atoms with Gasteiger partial charge in [-0.1, -0.05) is 39.8 Å². The molecule has 0 aromatic carbocycles.